The molecule has 0 unspecified atom stereocenters. The van der Waals surface area contributed by atoms with E-state index in [4.69, 9.17) is 0 Å². The van der Waals surface area contributed by atoms with E-state index in [0.717, 1.165) is 13.0 Å². The van der Waals surface area contributed by atoms with E-state index in [1.807, 2.05) is 13.1 Å². The minimum Gasteiger partial charge on any atom is -0.252 e. The summed E-state index contributed by atoms with van der Waals surface area (Å²) in [5.41, 5.74) is 0. The van der Waals surface area contributed by atoms with Crippen LogP contribution in [0.2, 0.25) is 0 Å². The Morgan fingerprint density at radius 3 is 3.10 bits per heavy atom. The van der Waals surface area contributed by atoms with Gasteiger partial charge in [-0.3, -0.25) is 4.68 Å². The summed E-state index contributed by atoms with van der Waals surface area (Å²) < 4.78 is 1.77. The van der Waals surface area contributed by atoms with E-state index in [0.29, 0.717) is 0 Å². The molecule has 52 valence electrons. The first-order valence-electron chi connectivity index (χ1n) is 3.17. The lowest BCUT2D eigenvalue weighted by Gasteiger charge is -1.91. The molecule has 0 aliphatic rings. The molecule has 0 aliphatic carbocycles. The second kappa shape index (κ2) is 3.67. The average molecular weight is 135 g/mol. The Kier molecular flexibility index (Phi) is 2.50. The van der Waals surface area contributed by atoms with Crippen LogP contribution in [0.25, 0.3) is 0 Å². The SMILES string of the molecule is CC#CCCn1ccnn1. The van der Waals surface area contributed by atoms with Gasteiger partial charge < -0.3 is 0 Å². The molecule has 0 N–H and O–H groups in total. The third-order valence-corrected chi connectivity index (χ3v) is 1.11. The number of nitrogens with zero attached hydrogens (tertiary/aromatic N) is 3. The molecule has 0 saturated carbocycles. The van der Waals surface area contributed by atoms with Crippen molar-refractivity contribution in [1.29, 1.82) is 0 Å². The maximum Gasteiger partial charge on any atom is 0.0692 e. The maximum atomic E-state index is 3.79. The molecule has 0 bridgehead atoms. The maximum absolute atomic E-state index is 3.79. The van der Waals surface area contributed by atoms with Crippen LogP contribution in [0.15, 0.2) is 12.4 Å². The topological polar surface area (TPSA) is 30.7 Å². The molecule has 3 nitrogen and oxygen atoms in total. The summed E-state index contributed by atoms with van der Waals surface area (Å²) in [5, 5.41) is 7.45. The summed E-state index contributed by atoms with van der Waals surface area (Å²) in [4.78, 5) is 0. The smallest absolute Gasteiger partial charge is 0.0692 e. The standard InChI is InChI=1S/C7H9N3/c1-2-3-4-6-10-7-5-8-9-10/h5,7H,4,6H2,1H3. The van der Waals surface area contributed by atoms with E-state index in [2.05, 4.69) is 22.2 Å². The van der Waals surface area contributed by atoms with Crippen molar-refractivity contribution in [2.24, 2.45) is 0 Å². The van der Waals surface area contributed by atoms with Crippen molar-refractivity contribution in [3.8, 4) is 11.8 Å². The third-order valence-electron chi connectivity index (χ3n) is 1.11. The van der Waals surface area contributed by atoms with E-state index >= 15 is 0 Å². The highest BCUT2D eigenvalue weighted by Gasteiger charge is 1.85. The predicted octanol–water partition coefficient (Wildman–Crippen LogP) is 0.691. The molecule has 0 atom stereocenters. The minimum atomic E-state index is 0.834. The van der Waals surface area contributed by atoms with Gasteiger partial charge in [-0.15, -0.1) is 16.9 Å². The van der Waals surface area contributed by atoms with Crippen LogP contribution >= 0.6 is 0 Å². The predicted molar refractivity (Wildman–Crippen MR) is 38.1 cm³/mol. The number of hydrogen-bond donors (Lipinski definition) is 0. The molecule has 0 aliphatic heterocycles. The van der Waals surface area contributed by atoms with Crippen LogP contribution < -0.4 is 0 Å². The average Bonchev–Trinajstić information content (AvgIpc) is 2.41. The number of rotatable bonds is 2. The number of aromatic nitrogens is 3. The Hall–Kier alpha value is -1.30. The zero-order valence-corrected chi connectivity index (χ0v) is 5.91. The largest absolute Gasteiger partial charge is 0.252 e. The van der Waals surface area contributed by atoms with Crippen LogP contribution in [0, 0.1) is 11.8 Å². The van der Waals surface area contributed by atoms with Crippen molar-refractivity contribution >= 4 is 0 Å². The molecule has 1 rings (SSSR count). The summed E-state index contributed by atoms with van der Waals surface area (Å²) in [6.07, 6.45) is 4.34. The van der Waals surface area contributed by atoms with Crippen LogP contribution in [0.4, 0.5) is 0 Å². The highest BCUT2D eigenvalue weighted by Crippen LogP contribution is 1.84. The summed E-state index contributed by atoms with van der Waals surface area (Å²) in [5.74, 6) is 5.77. The van der Waals surface area contributed by atoms with Gasteiger partial charge in [0.05, 0.1) is 12.7 Å². The van der Waals surface area contributed by atoms with Gasteiger partial charge >= 0.3 is 0 Å². The number of aryl methyl sites for hydroxylation is 1. The molecule has 3 heteroatoms. The third kappa shape index (κ3) is 1.90. The Morgan fingerprint density at radius 2 is 2.50 bits per heavy atom. The molecule has 0 aromatic carbocycles. The van der Waals surface area contributed by atoms with Crippen molar-refractivity contribution < 1.29 is 0 Å². The molecule has 10 heavy (non-hydrogen) atoms. The van der Waals surface area contributed by atoms with Gasteiger partial charge in [0, 0.05) is 12.6 Å². The van der Waals surface area contributed by atoms with Gasteiger partial charge in [-0.05, 0) is 6.92 Å². The summed E-state index contributed by atoms with van der Waals surface area (Å²) in [7, 11) is 0. The van der Waals surface area contributed by atoms with E-state index < -0.39 is 0 Å². The van der Waals surface area contributed by atoms with Crippen LogP contribution in [-0.2, 0) is 6.54 Å². The molecule has 1 aromatic heterocycles. The van der Waals surface area contributed by atoms with Gasteiger partial charge in [0.2, 0.25) is 0 Å². The zero-order valence-electron chi connectivity index (χ0n) is 5.91. The highest BCUT2D eigenvalue weighted by molar-refractivity contribution is 4.94. The quantitative estimate of drug-likeness (QED) is 0.558. The molecule has 1 aromatic rings. The van der Waals surface area contributed by atoms with Gasteiger partial charge in [-0.2, -0.15) is 0 Å². The normalized spacial score (nSPS) is 8.50. The van der Waals surface area contributed by atoms with Gasteiger partial charge in [-0.1, -0.05) is 5.21 Å². The fourth-order valence-electron chi connectivity index (χ4n) is 0.647. The van der Waals surface area contributed by atoms with Crippen molar-refractivity contribution in [2.45, 2.75) is 19.9 Å². The molecule has 1 heterocycles. The molecule has 0 saturated heterocycles. The van der Waals surface area contributed by atoms with E-state index in [-0.39, 0.29) is 0 Å². The Labute approximate surface area is 60.1 Å². The molecular formula is C7H9N3. The molecule has 0 spiro atoms. The van der Waals surface area contributed by atoms with E-state index in [9.17, 15) is 0 Å². The van der Waals surface area contributed by atoms with Gasteiger partial charge in [0.15, 0.2) is 0 Å². The molecule has 0 fully saturated rings. The lowest BCUT2D eigenvalue weighted by atomic mass is 10.4. The van der Waals surface area contributed by atoms with Crippen molar-refractivity contribution in [3.63, 3.8) is 0 Å². The van der Waals surface area contributed by atoms with Crippen molar-refractivity contribution in [1.82, 2.24) is 15.0 Å². The second-order valence-electron chi connectivity index (χ2n) is 1.84. The second-order valence-corrected chi connectivity index (χ2v) is 1.84. The van der Waals surface area contributed by atoms with E-state index in [1.165, 1.54) is 0 Å². The van der Waals surface area contributed by atoms with Crippen molar-refractivity contribution in [3.05, 3.63) is 12.4 Å². The first-order valence-corrected chi connectivity index (χ1v) is 3.17. The van der Waals surface area contributed by atoms with Gasteiger partial charge in [0.1, 0.15) is 0 Å². The fraction of sp³-hybridized carbons (Fsp3) is 0.429. The molecule has 0 amide bonds. The zero-order chi connectivity index (χ0) is 7.23. The summed E-state index contributed by atoms with van der Waals surface area (Å²) >= 11 is 0. The molecule has 0 radical (unpaired) electrons. The minimum absolute atomic E-state index is 0.834. The number of hydrogen-bond acceptors (Lipinski definition) is 2. The Bertz CT molecular complexity index is 227. The monoisotopic (exact) mass is 135 g/mol. The van der Waals surface area contributed by atoms with Gasteiger partial charge in [-0.25, -0.2) is 0 Å². The first kappa shape index (κ1) is 6.81. The van der Waals surface area contributed by atoms with Gasteiger partial charge in [0.25, 0.3) is 0 Å². The van der Waals surface area contributed by atoms with Crippen LogP contribution in [0.3, 0.4) is 0 Å². The lowest BCUT2D eigenvalue weighted by Crippen LogP contribution is -1.97. The van der Waals surface area contributed by atoms with Crippen LogP contribution in [0.5, 0.6) is 0 Å². The van der Waals surface area contributed by atoms with Crippen LogP contribution in [0.1, 0.15) is 13.3 Å². The molecular weight excluding hydrogens is 126 g/mol. The first-order chi connectivity index (χ1) is 4.93. The lowest BCUT2D eigenvalue weighted by molar-refractivity contribution is 0.601. The van der Waals surface area contributed by atoms with Crippen molar-refractivity contribution in [2.75, 3.05) is 0 Å². The van der Waals surface area contributed by atoms with E-state index in [1.54, 1.807) is 10.9 Å². The highest BCUT2D eigenvalue weighted by atomic mass is 15.4. The Balaban J connectivity index is 2.32. The Morgan fingerprint density at radius 1 is 1.60 bits per heavy atom. The van der Waals surface area contributed by atoms with Crippen LogP contribution in [-0.4, -0.2) is 15.0 Å². The fourth-order valence-corrected chi connectivity index (χ4v) is 0.647. The summed E-state index contributed by atoms with van der Waals surface area (Å²) in [6.45, 7) is 2.67. The summed E-state index contributed by atoms with van der Waals surface area (Å²) in [6, 6.07) is 0.